The molecule has 0 aliphatic rings. The van der Waals surface area contributed by atoms with E-state index in [1.807, 2.05) is 68.4 Å². The van der Waals surface area contributed by atoms with Crippen LogP contribution in [0.5, 0.6) is 5.75 Å². The predicted octanol–water partition coefficient (Wildman–Crippen LogP) is 5.76. The molecule has 45 heavy (non-hydrogen) atoms. The van der Waals surface area contributed by atoms with Crippen molar-refractivity contribution in [1.82, 2.24) is 10.2 Å². The topological polar surface area (TPSA) is 96.0 Å². The molecule has 0 spiro atoms. The molecule has 236 valence electrons. The number of sulfonamides is 1. The van der Waals surface area contributed by atoms with Crippen molar-refractivity contribution in [1.29, 1.82) is 0 Å². The number of nitrogens with one attached hydrogen (secondary N) is 1. The molecule has 4 aromatic rings. The quantitative estimate of drug-likeness (QED) is 0.169. The zero-order valence-corrected chi connectivity index (χ0v) is 26.9. The maximum atomic E-state index is 14.5. The Kier molecular flexibility index (Phi) is 11.8. The largest absolute Gasteiger partial charge is 0.497 e. The molecule has 2 amide bonds. The number of aryl methyl sites for hydroxylation is 1. The van der Waals surface area contributed by atoms with Gasteiger partial charge in [-0.1, -0.05) is 91.7 Å². The molecular weight excluding hydrogens is 586 g/mol. The van der Waals surface area contributed by atoms with Crippen molar-refractivity contribution in [3.05, 3.63) is 126 Å². The van der Waals surface area contributed by atoms with Crippen LogP contribution in [0, 0.1) is 6.92 Å². The van der Waals surface area contributed by atoms with Gasteiger partial charge in [0.15, 0.2) is 0 Å². The van der Waals surface area contributed by atoms with E-state index >= 15 is 0 Å². The molecule has 1 unspecified atom stereocenters. The third-order valence-corrected chi connectivity index (χ3v) is 9.29. The molecule has 9 heteroatoms. The number of hydrogen-bond acceptors (Lipinski definition) is 5. The van der Waals surface area contributed by atoms with E-state index < -0.39 is 28.5 Å². The fourth-order valence-corrected chi connectivity index (χ4v) is 6.50. The van der Waals surface area contributed by atoms with Crippen LogP contribution in [-0.4, -0.2) is 51.4 Å². The van der Waals surface area contributed by atoms with E-state index in [0.717, 1.165) is 33.8 Å². The molecule has 1 atom stereocenters. The van der Waals surface area contributed by atoms with Crippen molar-refractivity contribution in [2.24, 2.45) is 0 Å². The Labute approximate surface area is 266 Å². The summed E-state index contributed by atoms with van der Waals surface area (Å²) in [5, 5.41) is 3.01. The first-order valence-corrected chi connectivity index (χ1v) is 16.6. The number of carbonyl (C=O) groups excluding carboxylic acids is 2. The molecule has 0 aromatic heterocycles. The summed E-state index contributed by atoms with van der Waals surface area (Å²) < 4.78 is 34.5. The minimum atomic E-state index is -4.16. The van der Waals surface area contributed by atoms with Crippen LogP contribution in [0.4, 0.5) is 5.69 Å². The second kappa shape index (κ2) is 15.9. The Bertz CT molecular complexity index is 1650. The van der Waals surface area contributed by atoms with Crippen LogP contribution in [0.25, 0.3) is 0 Å². The summed E-state index contributed by atoms with van der Waals surface area (Å²) in [6.07, 6.45) is 1.98. The number of carbonyl (C=O) groups is 2. The van der Waals surface area contributed by atoms with Crippen LogP contribution in [0.2, 0.25) is 0 Å². The summed E-state index contributed by atoms with van der Waals surface area (Å²) in [5.41, 5.74) is 3.04. The molecule has 4 aromatic carbocycles. The first kappa shape index (κ1) is 33.3. The lowest BCUT2D eigenvalue weighted by Crippen LogP contribution is -2.53. The van der Waals surface area contributed by atoms with Gasteiger partial charge < -0.3 is 15.0 Å². The molecule has 0 fully saturated rings. The van der Waals surface area contributed by atoms with Gasteiger partial charge in [-0.3, -0.25) is 13.9 Å². The SMILES string of the molecule is CCCCNC(=O)C(Cc1ccccc1)N(Cc1cccc(C)c1)C(=O)CN(c1ccc(OC)cc1)S(=O)(=O)c1ccccc1. The van der Waals surface area contributed by atoms with Gasteiger partial charge in [-0.15, -0.1) is 0 Å². The van der Waals surface area contributed by atoms with E-state index in [-0.39, 0.29) is 23.8 Å². The monoisotopic (exact) mass is 627 g/mol. The molecule has 0 aliphatic heterocycles. The fraction of sp³-hybridized carbons (Fsp3) is 0.278. The number of benzene rings is 4. The Balaban J connectivity index is 1.78. The number of hydrogen-bond donors (Lipinski definition) is 1. The number of nitrogens with zero attached hydrogens (tertiary/aromatic N) is 2. The van der Waals surface area contributed by atoms with Gasteiger partial charge >= 0.3 is 0 Å². The van der Waals surface area contributed by atoms with Crippen molar-refractivity contribution in [3.63, 3.8) is 0 Å². The number of ether oxygens (including phenoxy) is 1. The number of methoxy groups -OCH3 is 1. The minimum absolute atomic E-state index is 0.0528. The Morgan fingerprint density at radius 3 is 2.11 bits per heavy atom. The van der Waals surface area contributed by atoms with Gasteiger partial charge in [0.2, 0.25) is 11.8 Å². The van der Waals surface area contributed by atoms with Crippen LogP contribution < -0.4 is 14.4 Å². The predicted molar refractivity (Wildman–Crippen MR) is 178 cm³/mol. The third kappa shape index (κ3) is 8.95. The van der Waals surface area contributed by atoms with Crippen LogP contribution in [-0.2, 0) is 32.6 Å². The minimum Gasteiger partial charge on any atom is -0.497 e. The highest BCUT2D eigenvalue weighted by Gasteiger charge is 2.34. The van der Waals surface area contributed by atoms with Crippen LogP contribution in [0.15, 0.2) is 114 Å². The summed E-state index contributed by atoms with van der Waals surface area (Å²) in [7, 11) is -2.63. The van der Waals surface area contributed by atoms with Gasteiger partial charge in [0.1, 0.15) is 18.3 Å². The Morgan fingerprint density at radius 1 is 0.844 bits per heavy atom. The van der Waals surface area contributed by atoms with E-state index in [9.17, 15) is 18.0 Å². The highest BCUT2D eigenvalue weighted by atomic mass is 32.2. The molecule has 0 saturated carbocycles. The smallest absolute Gasteiger partial charge is 0.264 e. The molecule has 0 saturated heterocycles. The van der Waals surface area contributed by atoms with Crippen molar-refractivity contribution in [2.45, 2.75) is 50.6 Å². The maximum Gasteiger partial charge on any atom is 0.264 e. The molecule has 8 nitrogen and oxygen atoms in total. The molecule has 0 bridgehead atoms. The average molecular weight is 628 g/mol. The lowest BCUT2D eigenvalue weighted by molar-refractivity contribution is -0.140. The van der Waals surface area contributed by atoms with Crippen molar-refractivity contribution < 1.29 is 22.7 Å². The zero-order valence-electron chi connectivity index (χ0n) is 26.1. The van der Waals surface area contributed by atoms with Crippen LogP contribution >= 0.6 is 0 Å². The lowest BCUT2D eigenvalue weighted by Gasteiger charge is -2.34. The molecule has 0 radical (unpaired) electrons. The molecule has 0 heterocycles. The fourth-order valence-electron chi connectivity index (χ4n) is 5.06. The van der Waals surface area contributed by atoms with E-state index in [4.69, 9.17) is 4.74 Å². The van der Waals surface area contributed by atoms with Crippen molar-refractivity contribution in [2.75, 3.05) is 24.5 Å². The number of amides is 2. The number of anilines is 1. The normalized spacial score (nSPS) is 11.8. The first-order chi connectivity index (χ1) is 21.7. The highest BCUT2D eigenvalue weighted by Crippen LogP contribution is 2.27. The Hall–Kier alpha value is -4.63. The van der Waals surface area contributed by atoms with Crippen molar-refractivity contribution in [3.8, 4) is 5.75 Å². The summed E-state index contributed by atoms with van der Waals surface area (Å²) in [6.45, 7) is 4.10. The highest BCUT2D eigenvalue weighted by molar-refractivity contribution is 7.92. The summed E-state index contributed by atoms with van der Waals surface area (Å²) in [6, 6.07) is 30.9. The van der Waals surface area contributed by atoms with Crippen LogP contribution in [0.3, 0.4) is 0 Å². The van der Waals surface area contributed by atoms with Gasteiger partial charge in [0.25, 0.3) is 10.0 Å². The Morgan fingerprint density at radius 2 is 1.49 bits per heavy atom. The number of unbranched alkanes of at least 4 members (excludes halogenated alkanes) is 1. The van der Waals surface area contributed by atoms with E-state index in [1.54, 1.807) is 42.5 Å². The summed E-state index contributed by atoms with van der Waals surface area (Å²) in [5.74, 6) is -0.233. The zero-order chi connectivity index (χ0) is 32.2. The first-order valence-electron chi connectivity index (χ1n) is 15.1. The second-order valence-corrected chi connectivity index (χ2v) is 12.7. The summed E-state index contributed by atoms with van der Waals surface area (Å²) in [4.78, 5) is 29.9. The van der Waals surface area contributed by atoms with Gasteiger partial charge in [0, 0.05) is 19.5 Å². The van der Waals surface area contributed by atoms with Crippen molar-refractivity contribution >= 4 is 27.5 Å². The average Bonchev–Trinajstić information content (AvgIpc) is 3.06. The van der Waals surface area contributed by atoms with E-state index in [2.05, 4.69) is 5.32 Å². The van der Waals surface area contributed by atoms with Crippen LogP contribution in [0.1, 0.15) is 36.5 Å². The summed E-state index contributed by atoms with van der Waals surface area (Å²) >= 11 is 0. The number of rotatable bonds is 15. The molecule has 4 rings (SSSR count). The van der Waals surface area contributed by atoms with E-state index in [1.165, 1.54) is 24.1 Å². The second-order valence-electron chi connectivity index (χ2n) is 10.9. The molecular formula is C36H41N3O5S. The standard InChI is InChI=1S/C36H41N3O5S/c1-4-5-23-37-36(41)34(25-29-14-8-6-9-15-29)38(26-30-16-12-13-28(2)24-30)35(40)27-39(31-19-21-32(44-3)22-20-31)45(42,43)33-17-10-7-11-18-33/h6-22,24,34H,4-5,23,25-27H2,1-3H3,(H,37,41). The van der Waals surface area contributed by atoms with Gasteiger partial charge in [0.05, 0.1) is 17.7 Å². The third-order valence-electron chi connectivity index (χ3n) is 7.51. The van der Waals surface area contributed by atoms with E-state index in [0.29, 0.717) is 18.0 Å². The lowest BCUT2D eigenvalue weighted by atomic mass is 10.0. The van der Waals surface area contributed by atoms with Gasteiger partial charge in [-0.2, -0.15) is 0 Å². The maximum absolute atomic E-state index is 14.5. The van der Waals surface area contributed by atoms with Gasteiger partial charge in [-0.05, 0) is 60.9 Å². The van der Waals surface area contributed by atoms with Gasteiger partial charge in [-0.25, -0.2) is 8.42 Å². The molecule has 0 aliphatic carbocycles. The molecule has 1 N–H and O–H groups in total.